The molecule has 5 heteroatoms. The van der Waals surface area contributed by atoms with Gasteiger partial charge in [0.2, 0.25) is 10.0 Å². The zero-order valence-electron chi connectivity index (χ0n) is 15.1. The van der Waals surface area contributed by atoms with E-state index in [-0.39, 0.29) is 16.8 Å². The van der Waals surface area contributed by atoms with Gasteiger partial charge in [-0.15, -0.1) is 0 Å². The van der Waals surface area contributed by atoms with Crippen LogP contribution in [0.5, 0.6) is 0 Å². The Bertz CT molecular complexity index is 374. The molecule has 0 rings (SSSR count). The summed E-state index contributed by atoms with van der Waals surface area (Å²) in [5.41, 5.74) is -0.165. The van der Waals surface area contributed by atoms with Gasteiger partial charge in [0.1, 0.15) is 0 Å². The van der Waals surface area contributed by atoms with Crippen molar-refractivity contribution in [2.45, 2.75) is 85.6 Å². The third-order valence-electron chi connectivity index (χ3n) is 5.08. The molecule has 21 heavy (non-hydrogen) atoms. The predicted octanol–water partition coefficient (Wildman–Crippen LogP) is 3.59. The molecule has 2 unspecified atom stereocenters. The minimum absolute atomic E-state index is 0.1000. The Morgan fingerprint density at radius 2 is 1.43 bits per heavy atom. The van der Waals surface area contributed by atoms with Gasteiger partial charge in [-0.25, -0.2) is 8.42 Å². The molecule has 0 aliphatic rings. The monoisotopic (exact) mass is 320 g/mol. The van der Waals surface area contributed by atoms with E-state index >= 15 is 0 Å². The first kappa shape index (κ1) is 20.9. The van der Waals surface area contributed by atoms with Gasteiger partial charge in [-0.2, -0.15) is 4.72 Å². The Balaban J connectivity index is 5.33. The molecule has 0 aliphatic heterocycles. The highest BCUT2D eigenvalue weighted by atomic mass is 32.2. The van der Waals surface area contributed by atoms with Gasteiger partial charge in [-0.05, 0) is 44.2 Å². The molecule has 0 aliphatic carbocycles. The maximum Gasteiger partial charge on any atom is 0.216 e. The Kier molecular flexibility index (Phi) is 9.05. The maximum atomic E-state index is 12.9. The molecule has 0 spiro atoms. The second kappa shape index (κ2) is 9.11. The molecule has 1 N–H and O–H groups in total. The highest BCUT2D eigenvalue weighted by Gasteiger charge is 2.40. The Morgan fingerprint density at radius 3 is 1.71 bits per heavy atom. The number of sulfonamides is 1. The molecule has 0 aromatic rings. The minimum Gasteiger partial charge on any atom is -0.288 e. The van der Waals surface area contributed by atoms with Crippen LogP contribution in [0.1, 0.15) is 74.1 Å². The van der Waals surface area contributed by atoms with Crippen LogP contribution < -0.4 is 4.72 Å². The van der Waals surface area contributed by atoms with Crippen molar-refractivity contribution in [1.29, 1.82) is 0 Å². The van der Waals surface area contributed by atoms with Crippen LogP contribution in [-0.2, 0) is 10.0 Å². The second-order valence-corrected chi connectivity index (χ2v) is 7.96. The van der Waals surface area contributed by atoms with Crippen molar-refractivity contribution in [2.24, 2.45) is 5.41 Å². The van der Waals surface area contributed by atoms with E-state index < -0.39 is 10.0 Å². The van der Waals surface area contributed by atoms with Crippen LogP contribution >= 0.6 is 0 Å². The van der Waals surface area contributed by atoms with Gasteiger partial charge >= 0.3 is 0 Å². The topological polar surface area (TPSA) is 49.4 Å². The highest BCUT2D eigenvalue weighted by Crippen LogP contribution is 2.35. The van der Waals surface area contributed by atoms with Crippen LogP contribution in [0.25, 0.3) is 0 Å². The smallest absolute Gasteiger partial charge is 0.216 e. The summed E-state index contributed by atoms with van der Waals surface area (Å²) in [4.78, 5) is 2.17. The molecular formula is C16H36N2O2S. The lowest BCUT2D eigenvalue weighted by molar-refractivity contribution is 0.196. The average molecular weight is 321 g/mol. The summed E-state index contributed by atoms with van der Waals surface area (Å²) in [5, 5.41) is -0.329. The van der Waals surface area contributed by atoms with Crippen LogP contribution in [0, 0.1) is 5.41 Å². The average Bonchev–Trinajstić information content (AvgIpc) is 2.47. The summed E-state index contributed by atoms with van der Waals surface area (Å²) in [7, 11) is -3.32. The summed E-state index contributed by atoms with van der Waals surface area (Å²) in [6, 6.07) is 0. The molecule has 0 bridgehead atoms. The fourth-order valence-corrected chi connectivity index (χ4v) is 5.52. The summed E-state index contributed by atoms with van der Waals surface area (Å²) in [5.74, 6) is 0. The van der Waals surface area contributed by atoms with E-state index in [1.807, 2.05) is 13.8 Å². The van der Waals surface area contributed by atoms with Gasteiger partial charge in [0.25, 0.3) is 0 Å². The van der Waals surface area contributed by atoms with Crippen molar-refractivity contribution >= 4 is 10.0 Å². The lowest BCUT2D eigenvalue weighted by Crippen LogP contribution is -2.53. The van der Waals surface area contributed by atoms with E-state index in [2.05, 4.69) is 44.2 Å². The van der Waals surface area contributed by atoms with Crippen molar-refractivity contribution in [3.05, 3.63) is 0 Å². The van der Waals surface area contributed by atoms with Crippen molar-refractivity contribution in [3.8, 4) is 0 Å². The van der Waals surface area contributed by atoms with Crippen molar-refractivity contribution in [3.63, 3.8) is 0 Å². The van der Waals surface area contributed by atoms with Gasteiger partial charge < -0.3 is 0 Å². The molecule has 0 saturated carbocycles. The third kappa shape index (κ3) is 5.22. The van der Waals surface area contributed by atoms with Gasteiger partial charge in [0, 0.05) is 0 Å². The standard InChI is InChI=1S/C16H36N2O2S/c1-8-14(16(7,10-3)11-4)21(19,20)17-15(9-2)18(12-5)13-6/h14-15,17H,8-13H2,1-7H3. The van der Waals surface area contributed by atoms with Gasteiger partial charge in [-0.3, -0.25) is 4.90 Å². The van der Waals surface area contributed by atoms with E-state index in [9.17, 15) is 8.42 Å². The largest absolute Gasteiger partial charge is 0.288 e. The van der Waals surface area contributed by atoms with Gasteiger partial charge in [0.15, 0.2) is 0 Å². The van der Waals surface area contributed by atoms with Crippen LogP contribution in [0.4, 0.5) is 0 Å². The Labute approximate surface area is 132 Å². The maximum absolute atomic E-state index is 12.9. The van der Waals surface area contributed by atoms with Gasteiger partial charge in [-0.1, -0.05) is 48.5 Å². The van der Waals surface area contributed by atoms with Crippen LogP contribution in [0.2, 0.25) is 0 Å². The van der Waals surface area contributed by atoms with E-state index in [1.54, 1.807) is 0 Å². The summed E-state index contributed by atoms with van der Waals surface area (Å²) in [6.45, 7) is 16.1. The van der Waals surface area contributed by atoms with E-state index in [4.69, 9.17) is 0 Å². The molecule has 2 atom stereocenters. The molecule has 0 amide bonds. The molecule has 0 heterocycles. The quantitative estimate of drug-likeness (QED) is 0.592. The van der Waals surface area contributed by atoms with Crippen molar-refractivity contribution in [1.82, 2.24) is 9.62 Å². The molecule has 0 aromatic carbocycles. The SMILES string of the molecule is CCC(NS(=O)(=O)C(CC)C(C)(CC)CC)N(CC)CC. The normalized spacial score (nSPS) is 16.2. The lowest BCUT2D eigenvalue weighted by atomic mass is 9.80. The van der Waals surface area contributed by atoms with Crippen LogP contribution in [0.3, 0.4) is 0 Å². The predicted molar refractivity (Wildman–Crippen MR) is 91.8 cm³/mol. The second-order valence-electron chi connectivity index (χ2n) is 6.07. The number of nitrogens with zero attached hydrogens (tertiary/aromatic N) is 1. The fourth-order valence-electron chi connectivity index (χ4n) is 3.14. The molecule has 128 valence electrons. The van der Waals surface area contributed by atoms with Crippen LogP contribution in [-0.4, -0.2) is 37.8 Å². The van der Waals surface area contributed by atoms with E-state index in [0.29, 0.717) is 6.42 Å². The first-order chi connectivity index (χ1) is 9.76. The Morgan fingerprint density at radius 1 is 0.952 bits per heavy atom. The number of nitrogens with one attached hydrogen (secondary N) is 1. The summed E-state index contributed by atoms with van der Waals surface area (Å²) in [6.07, 6.45) is 3.10. The minimum atomic E-state index is -3.32. The molecule has 0 aromatic heterocycles. The number of hydrogen-bond donors (Lipinski definition) is 1. The lowest BCUT2D eigenvalue weighted by Gasteiger charge is -2.37. The molecular weight excluding hydrogens is 284 g/mol. The van der Waals surface area contributed by atoms with Crippen molar-refractivity contribution < 1.29 is 8.42 Å². The molecule has 0 saturated heterocycles. The van der Waals surface area contributed by atoms with Crippen molar-refractivity contribution in [2.75, 3.05) is 13.1 Å². The first-order valence-electron chi connectivity index (χ1n) is 8.51. The zero-order valence-corrected chi connectivity index (χ0v) is 15.9. The van der Waals surface area contributed by atoms with E-state index in [1.165, 1.54) is 0 Å². The summed E-state index contributed by atoms with van der Waals surface area (Å²) < 4.78 is 28.8. The molecule has 0 radical (unpaired) electrons. The molecule has 4 nitrogen and oxygen atoms in total. The van der Waals surface area contributed by atoms with Crippen LogP contribution in [0.15, 0.2) is 0 Å². The summed E-state index contributed by atoms with van der Waals surface area (Å²) >= 11 is 0. The molecule has 0 fully saturated rings. The third-order valence-corrected chi connectivity index (χ3v) is 7.33. The highest BCUT2D eigenvalue weighted by molar-refractivity contribution is 7.90. The number of rotatable bonds is 11. The zero-order chi connectivity index (χ0) is 16.7. The Hall–Kier alpha value is -0.130. The number of hydrogen-bond acceptors (Lipinski definition) is 3. The first-order valence-corrected chi connectivity index (χ1v) is 10.1. The van der Waals surface area contributed by atoms with Gasteiger partial charge in [0.05, 0.1) is 11.4 Å². The fraction of sp³-hybridized carbons (Fsp3) is 1.00. The van der Waals surface area contributed by atoms with E-state index in [0.717, 1.165) is 32.4 Å².